The molecule has 0 amide bonds. The number of benzene rings is 2. The first-order valence-electron chi connectivity index (χ1n) is 10.6. The highest BCUT2D eigenvalue weighted by Crippen LogP contribution is 2.35. The Morgan fingerprint density at radius 1 is 1.11 bits per heavy atom. The van der Waals surface area contributed by atoms with Gasteiger partial charge in [-0.05, 0) is 67.0 Å². The Morgan fingerprint density at radius 3 is 2.50 bits per heavy atom. The molecule has 0 aliphatic rings. The average molecular weight is 376 g/mol. The summed E-state index contributed by atoms with van der Waals surface area (Å²) in [5.74, 6) is 0.601. The third-order valence-electron chi connectivity index (χ3n) is 5.80. The van der Waals surface area contributed by atoms with Crippen LogP contribution in [-0.2, 0) is 6.42 Å². The van der Waals surface area contributed by atoms with E-state index < -0.39 is 0 Å². The molecule has 150 valence electrons. The van der Waals surface area contributed by atoms with E-state index >= 15 is 0 Å². The van der Waals surface area contributed by atoms with Crippen LogP contribution in [0.4, 0.5) is 0 Å². The van der Waals surface area contributed by atoms with Crippen LogP contribution in [0.25, 0.3) is 12.2 Å². The lowest BCUT2D eigenvalue weighted by Crippen LogP contribution is -2.30. The van der Waals surface area contributed by atoms with E-state index in [9.17, 15) is 0 Å². The maximum absolute atomic E-state index is 4.20. The van der Waals surface area contributed by atoms with Crippen molar-refractivity contribution in [2.45, 2.75) is 47.0 Å². The van der Waals surface area contributed by atoms with E-state index in [0.717, 1.165) is 32.4 Å². The van der Waals surface area contributed by atoms with Gasteiger partial charge in [0.1, 0.15) is 0 Å². The van der Waals surface area contributed by atoms with Crippen LogP contribution in [0.2, 0.25) is 0 Å². The molecule has 2 unspecified atom stereocenters. The SMILES string of the molecule is C=CC(CC)(Cc1cccc(C)c1)CC(C)CNC/C=c1\cccc\c1=C\C. The van der Waals surface area contributed by atoms with Gasteiger partial charge in [0.25, 0.3) is 0 Å². The van der Waals surface area contributed by atoms with Gasteiger partial charge in [0.05, 0.1) is 0 Å². The van der Waals surface area contributed by atoms with Crippen molar-refractivity contribution in [1.82, 2.24) is 5.32 Å². The molecule has 0 spiro atoms. The summed E-state index contributed by atoms with van der Waals surface area (Å²) in [5.41, 5.74) is 2.92. The van der Waals surface area contributed by atoms with Crippen molar-refractivity contribution in [2.75, 3.05) is 13.1 Å². The molecule has 2 rings (SSSR count). The normalized spacial score (nSPS) is 16.0. The van der Waals surface area contributed by atoms with Crippen LogP contribution in [0.5, 0.6) is 0 Å². The lowest BCUT2D eigenvalue weighted by molar-refractivity contribution is 0.275. The van der Waals surface area contributed by atoms with Crippen LogP contribution in [0.1, 0.15) is 44.7 Å². The van der Waals surface area contributed by atoms with Gasteiger partial charge in [0, 0.05) is 6.54 Å². The number of allylic oxidation sites excluding steroid dienone is 1. The van der Waals surface area contributed by atoms with Gasteiger partial charge >= 0.3 is 0 Å². The number of nitrogens with one attached hydrogen (secondary N) is 1. The molecule has 0 bridgehead atoms. The zero-order chi connectivity index (χ0) is 20.4. The second-order valence-corrected chi connectivity index (χ2v) is 8.18. The van der Waals surface area contributed by atoms with Crippen LogP contribution in [-0.4, -0.2) is 13.1 Å². The lowest BCUT2D eigenvalue weighted by atomic mass is 9.73. The average Bonchev–Trinajstić information content (AvgIpc) is 2.71. The third-order valence-corrected chi connectivity index (χ3v) is 5.80. The highest BCUT2D eigenvalue weighted by atomic mass is 14.8. The largest absolute Gasteiger partial charge is 0.313 e. The minimum atomic E-state index is 0.169. The van der Waals surface area contributed by atoms with E-state index in [1.165, 1.54) is 21.6 Å². The summed E-state index contributed by atoms with van der Waals surface area (Å²) in [6.07, 6.45) is 10.0. The summed E-state index contributed by atoms with van der Waals surface area (Å²) in [6, 6.07) is 17.4. The zero-order valence-corrected chi connectivity index (χ0v) is 18.2. The van der Waals surface area contributed by atoms with E-state index in [1.807, 2.05) is 0 Å². The summed E-state index contributed by atoms with van der Waals surface area (Å²) in [6.45, 7) is 15.0. The molecule has 0 saturated carbocycles. The summed E-state index contributed by atoms with van der Waals surface area (Å²) < 4.78 is 0. The van der Waals surface area contributed by atoms with Crippen molar-refractivity contribution in [3.63, 3.8) is 0 Å². The molecule has 0 aliphatic carbocycles. The molecule has 0 saturated heterocycles. The van der Waals surface area contributed by atoms with E-state index in [-0.39, 0.29) is 5.41 Å². The molecular weight excluding hydrogens is 338 g/mol. The summed E-state index contributed by atoms with van der Waals surface area (Å²) >= 11 is 0. The predicted octanol–water partition coefficient (Wildman–Crippen LogP) is 5.02. The molecule has 28 heavy (non-hydrogen) atoms. The topological polar surface area (TPSA) is 12.0 Å². The Kier molecular flexibility index (Phi) is 8.73. The molecule has 0 aliphatic heterocycles. The highest BCUT2D eigenvalue weighted by molar-refractivity contribution is 5.31. The first kappa shape index (κ1) is 22.2. The molecule has 0 heterocycles. The zero-order valence-electron chi connectivity index (χ0n) is 18.2. The highest BCUT2D eigenvalue weighted by Gasteiger charge is 2.27. The monoisotopic (exact) mass is 375 g/mol. The molecule has 0 aromatic heterocycles. The lowest BCUT2D eigenvalue weighted by Gasteiger charge is -2.32. The van der Waals surface area contributed by atoms with Gasteiger partial charge in [-0.15, -0.1) is 6.58 Å². The fourth-order valence-electron chi connectivity index (χ4n) is 4.11. The number of hydrogen-bond acceptors (Lipinski definition) is 1. The fourth-order valence-corrected chi connectivity index (χ4v) is 4.11. The van der Waals surface area contributed by atoms with E-state index in [0.29, 0.717) is 5.92 Å². The third kappa shape index (κ3) is 6.49. The first-order valence-corrected chi connectivity index (χ1v) is 10.6. The van der Waals surface area contributed by atoms with Crippen LogP contribution < -0.4 is 15.8 Å². The Hall–Kier alpha value is -2.12. The van der Waals surface area contributed by atoms with Crippen molar-refractivity contribution >= 4 is 12.2 Å². The van der Waals surface area contributed by atoms with Gasteiger partial charge in [0.2, 0.25) is 0 Å². The van der Waals surface area contributed by atoms with Gasteiger partial charge in [-0.1, -0.05) is 86.2 Å². The number of aryl methyl sites for hydroxylation is 1. The molecule has 2 aromatic rings. The van der Waals surface area contributed by atoms with Gasteiger partial charge in [-0.3, -0.25) is 0 Å². The maximum Gasteiger partial charge on any atom is 0.0144 e. The summed E-state index contributed by atoms with van der Waals surface area (Å²) in [7, 11) is 0. The quantitative estimate of drug-likeness (QED) is 0.454. The number of rotatable bonds is 10. The Labute approximate surface area is 171 Å². The van der Waals surface area contributed by atoms with E-state index in [4.69, 9.17) is 0 Å². The maximum atomic E-state index is 4.20. The standard InChI is InChI=1S/C27H37N/c1-6-25-14-9-10-15-26(25)16-17-28-21-23(5)19-27(7-2,8-3)20-24-13-11-12-22(4)18-24/h6-7,9-16,18,23,28H,2,8,17,19-21H2,1,3-5H3/b25-6-,26-16+. The summed E-state index contributed by atoms with van der Waals surface area (Å²) in [4.78, 5) is 0. The van der Waals surface area contributed by atoms with Crippen LogP contribution >= 0.6 is 0 Å². The molecule has 2 atom stereocenters. The number of hydrogen-bond donors (Lipinski definition) is 1. The van der Waals surface area contributed by atoms with Crippen molar-refractivity contribution in [1.29, 1.82) is 0 Å². The van der Waals surface area contributed by atoms with E-state index in [1.54, 1.807) is 0 Å². The van der Waals surface area contributed by atoms with Gasteiger partial charge in [0.15, 0.2) is 0 Å². The molecule has 2 aromatic carbocycles. The fraction of sp³-hybridized carbons (Fsp3) is 0.407. The van der Waals surface area contributed by atoms with E-state index in [2.05, 4.69) is 106 Å². The molecule has 1 N–H and O–H groups in total. The Balaban J connectivity index is 1.95. The molecular formula is C27H37N. The van der Waals surface area contributed by atoms with Gasteiger partial charge in [-0.25, -0.2) is 0 Å². The first-order chi connectivity index (χ1) is 13.5. The van der Waals surface area contributed by atoms with Crippen molar-refractivity contribution in [2.24, 2.45) is 11.3 Å². The van der Waals surface area contributed by atoms with Gasteiger partial charge < -0.3 is 5.32 Å². The smallest absolute Gasteiger partial charge is 0.0144 e. The Bertz CT molecular complexity index is 864. The van der Waals surface area contributed by atoms with Crippen molar-refractivity contribution in [3.05, 3.63) is 82.8 Å². The minimum Gasteiger partial charge on any atom is -0.313 e. The molecule has 1 nitrogen and oxygen atoms in total. The van der Waals surface area contributed by atoms with Crippen molar-refractivity contribution in [3.8, 4) is 0 Å². The minimum absolute atomic E-state index is 0.169. The van der Waals surface area contributed by atoms with Gasteiger partial charge in [-0.2, -0.15) is 0 Å². The van der Waals surface area contributed by atoms with Crippen molar-refractivity contribution < 1.29 is 0 Å². The summed E-state index contributed by atoms with van der Waals surface area (Å²) in [5, 5.41) is 6.23. The molecule has 1 heteroatoms. The van der Waals surface area contributed by atoms with Crippen LogP contribution in [0.15, 0.2) is 61.2 Å². The second-order valence-electron chi connectivity index (χ2n) is 8.18. The van der Waals surface area contributed by atoms with Crippen LogP contribution in [0.3, 0.4) is 0 Å². The molecule has 0 fully saturated rings. The molecule has 0 radical (unpaired) electrons. The second kappa shape index (κ2) is 11.0. The predicted molar refractivity (Wildman–Crippen MR) is 125 cm³/mol. The Morgan fingerprint density at radius 2 is 1.86 bits per heavy atom. The van der Waals surface area contributed by atoms with Crippen LogP contribution in [0, 0.1) is 18.3 Å².